The van der Waals surface area contributed by atoms with Gasteiger partial charge in [0.25, 0.3) is 11.6 Å². The summed E-state index contributed by atoms with van der Waals surface area (Å²) < 4.78 is 5.27. The minimum Gasteiger partial charge on any atom is -0.459 e. The minimum atomic E-state index is -0.395. The Morgan fingerprint density at radius 1 is 1.15 bits per heavy atom. The Morgan fingerprint density at radius 2 is 1.85 bits per heavy atom. The maximum atomic E-state index is 12.7. The molecule has 1 atom stereocenters. The summed E-state index contributed by atoms with van der Waals surface area (Å²) in [5.41, 5.74) is 2.95. The number of hydrogen-bond donors (Lipinski definition) is 0. The third kappa shape index (κ3) is 4.93. The lowest BCUT2D eigenvalue weighted by Crippen LogP contribution is -2.49. The molecular weight excluding hydrogens is 434 g/mol. The summed E-state index contributed by atoms with van der Waals surface area (Å²) in [6.45, 7) is 8.67. The number of benzene rings is 1. The SMILES string of the molecule is CC[C@H](C)c1nc(C)c(Cc2ccc([N+](=O)[O-])cc2)c(N2CCN(C(=O)c3ccco3)CC2)n1. The second kappa shape index (κ2) is 10.0. The summed E-state index contributed by atoms with van der Waals surface area (Å²) >= 11 is 0. The number of aryl methyl sites for hydroxylation is 1. The molecule has 1 aliphatic heterocycles. The van der Waals surface area contributed by atoms with E-state index < -0.39 is 4.92 Å². The molecule has 0 N–H and O–H groups in total. The Labute approximate surface area is 198 Å². The van der Waals surface area contributed by atoms with Gasteiger partial charge in [0.1, 0.15) is 11.6 Å². The van der Waals surface area contributed by atoms with Gasteiger partial charge in [-0.15, -0.1) is 0 Å². The van der Waals surface area contributed by atoms with Gasteiger partial charge in [0.15, 0.2) is 5.76 Å². The predicted molar refractivity (Wildman–Crippen MR) is 128 cm³/mol. The number of furan rings is 1. The molecule has 3 heterocycles. The van der Waals surface area contributed by atoms with E-state index in [-0.39, 0.29) is 17.5 Å². The van der Waals surface area contributed by atoms with Gasteiger partial charge in [0.05, 0.1) is 11.2 Å². The van der Waals surface area contributed by atoms with Gasteiger partial charge in [-0.05, 0) is 31.0 Å². The number of nitrogens with zero attached hydrogens (tertiary/aromatic N) is 5. The molecule has 0 unspecified atom stereocenters. The molecule has 1 amide bonds. The Hall–Kier alpha value is -3.75. The van der Waals surface area contributed by atoms with Crippen LogP contribution in [0.15, 0.2) is 47.1 Å². The monoisotopic (exact) mass is 463 g/mol. The van der Waals surface area contributed by atoms with Crippen LogP contribution in [0.5, 0.6) is 0 Å². The Morgan fingerprint density at radius 3 is 2.44 bits per heavy atom. The van der Waals surface area contributed by atoms with Crippen molar-refractivity contribution >= 4 is 17.4 Å². The Balaban J connectivity index is 1.60. The second-order valence-corrected chi connectivity index (χ2v) is 8.64. The van der Waals surface area contributed by atoms with Crippen molar-refractivity contribution in [3.63, 3.8) is 0 Å². The van der Waals surface area contributed by atoms with E-state index in [1.165, 1.54) is 18.4 Å². The molecule has 9 heteroatoms. The van der Waals surface area contributed by atoms with E-state index in [2.05, 4.69) is 18.7 Å². The first-order valence-electron chi connectivity index (χ1n) is 11.6. The third-order valence-corrected chi connectivity index (χ3v) is 6.39. The van der Waals surface area contributed by atoms with Crippen LogP contribution in [-0.2, 0) is 6.42 Å². The number of rotatable bonds is 7. The second-order valence-electron chi connectivity index (χ2n) is 8.64. The van der Waals surface area contributed by atoms with E-state index in [0.29, 0.717) is 38.4 Å². The molecule has 0 radical (unpaired) electrons. The van der Waals surface area contributed by atoms with E-state index in [1.807, 2.05) is 6.92 Å². The molecule has 0 spiro atoms. The number of hydrogen-bond acceptors (Lipinski definition) is 7. The molecule has 1 aliphatic rings. The highest BCUT2D eigenvalue weighted by Crippen LogP contribution is 2.28. The zero-order valence-electron chi connectivity index (χ0n) is 19.7. The number of piperazine rings is 1. The van der Waals surface area contributed by atoms with Gasteiger partial charge < -0.3 is 14.2 Å². The lowest BCUT2D eigenvalue weighted by atomic mass is 10.0. The average Bonchev–Trinajstić information content (AvgIpc) is 3.39. The number of anilines is 1. The van der Waals surface area contributed by atoms with E-state index in [9.17, 15) is 14.9 Å². The number of non-ortho nitro benzene ring substituents is 1. The first-order chi connectivity index (χ1) is 16.4. The third-order valence-electron chi connectivity index (χ3n) is 6.39. The molecule has 0 saturated carbocycles. The van der Waals surface area contributed by atoms with Gasteiger partial charge in [0, 0.05) is 61.9 Å². The first-order valence-corrected chi connectivity index (χ1v) is 11.6. The zero-order valence-corrected chi connectivity index (χ0v) is 19.7. The van der Waals surface area contributed by atoms with E-state index in [1.54, 1.807) is 29.2 Å². The highest BCUT2D eigenvalue weighted by molar-refractivity contribution is 5.91. The summed E-state index contributed by atoms with van der Waals surface area (Å²) in [7, 11) is 0. The molecule has 0 aliphatic carbocycles. The van der Waals surface area contributed by atoms with Crippen LogP contribution in [0.2, 0.25) is 0 Å². The number of nitro groups is 1. The summed E-state index contributed by atoms with van der Waals surface area (Å²) in [5, 5.41) is 11.0. The van der Waals surface area contributed by atoms with E-state index >= 15 is 0 Å². The number of nitro benzene ring substituents is 1. The molecule has 1 aromatic carbocycles. The quantitative estimate of drug-likeness (QED) is 0.379. The van der Waals surface area contributed by atoms with Crippen molar-refractivity contribution in [2.75, 3.05) is 31.1 Å². The molecule has 2 aromatic heterocycles. The predicted octanol–water partition coefficient (Wildman–Crippen LogP) is 4.35. The van der Waals surface area contributed by atoms with Gasteiger partial charge in [-0.3, -0.25) is 14.9 Å². The molecule has 0 bridgehead atoms. The maximum absolute atomic E-state index is 12.7. The van der Waals surface area contributed by atoms with Crippen LogP contribution in [-0.4, -0.2) is 51.9 Å². The van der Waals surface area contributed by atoms with Gasteiger partial charge in [-0.25, -0.2) is 9.97 Å². The van der Waals surface area contributed by atoms with Gasteiger partial charge in [0.2, 0.25) is 0 Å². The summed E-state index contributed by atoms with van der Waals surface area (Å²) in [5.74, 6) is 2.18. The summed E-state index contributed by atoms with van der Waals surface area (Å²) in [4.78, 5) is 37.1. The van der Waals surface area contributed by atoms with Crippen LogP contribution in [0.4, 0.5) is 11.5 Å². The molecular formula is C25H29N5O4. The fourth-order valence-electron chi connectivity index (χ4n) is 4.09. The van der Waals surface area contributed by atoms with Crippen LogP contribution < -0.4 is 4.90 Å². The van der Waals surface area contributed by atoms with Crippen molar-refractivity contribution in [1.29, 1.82) is 0 Å². The van der Waals surface area contributed by atoms with Gasteiger partial charge >= 0.3 is 0 Å². The van der Waals surface area contributed by atoms with Gasteiger partial charge in [-0.2, -0.15) is 0 Å². The number of carbonyl (C=O) groups is 1. The largest absolute Gasteiger partial charge is 0.459 e. The number of carbonyl (C=O) groups excluding carboxylic acids is 1. The van der Waals surface area contributed by atoms with Crippen molar-refractivity contribution in [2.24, 2.45) is 0 Å². The highest BCUT2D eigenvalue weighted by Gasteiger charge is 2.27. The van der Waals surface area contributed by atoms with E-state index in [4.69, 9.17) is 14.4 Å². The van der Waals surface area contributed by atoms with Crippen LogP contribution in [0, 0.1) is 17.0 Å². The molecule has 4 rings (SSSR count). The zero-order chi connectivity index (χ0) is 24.2. The van der Waals surface area contributed by atoms with Crippen molar-refractivity contribution in [3.8, 4) is 0 Å². The average molecular weight is 464 g/mol. The van der Waals surface area contributed by atoms with Crippen LogP contribution in [0.1, 0.15) is 59.4 Å². The Kier molecular flexibility index (Phi) is 6.90. The number of amides is 1. The van der Waals surface area contributed by atoms with Crippen molar-refractivity contribution in [1.82, 2.24) is 14.9 Å². The molecule has 9 nitrogen and oxygen atoms in total. The lowest BCUT2D eigenvalue weighted by Gasteiger charge is -2.36. The summed E-state index contributed by atoms with van der Waals surface area (Å²) in [6.07, 6.45) is 3.02. The van der Waals surface area contributed by atoms with Crippen LogP contribution in [0.25, 0.3) is 0 Å². The normalized spacial score (nSPS) is 14.8. The van der Waals surface area contributed by atoms with Gasteiger partial charge in [-0.1, -0.05) is 26.0 Å². The molecule has 3 aromatic rings. The molecule has 1 saturated heterocycles. The van der Waals surface area contributed by atoms with Crippen LogP contribution in [0.3, 0.4) is 0 Å². The Bertz CT molecular complexity index is 1150. The van der Waals surface area contributed by atoms with E-state index in [0.717, 1.165) is 34.9 Å². The first kappa shape index (κ1) is 23.4. The minimum absolute atomic E-state index is 0.0708. The molecule has 1 fully saturated rings. The smallest absolute Gasteiger partial charge is 0.289 e. The number of aromatic nitrogens is 2. The molecule has 34 heavy (non-hydrogen) atoms. The fraction of sp³-hybridized carbons (Fsp3) is 0.400. The summed E-state index contributed by atoms with van der Waals surface area (Å²) in [6, 6.07) is 10.0. The topological polar surface area (TPSA) is 106 Å². The fourth-order valence-corrected chi connectivity index (χ4v) is 4.09. The van der Waals surface area contributed by atoms with Crippen molar-refractivity contribution < 1.29 is 14.1 Å². The maximum Gasteiger partial charge on any atom is 0.289 e. The van der Waals surface area contributed by atoms with Crippen molar-refractivity contribution in [2.45, 2.75) is 39.5 Å². The lowest BCUT2D eigenvalue weighted by molar-refractivity contribution is -0.384. The molecule has 178 valence electrons. The van der Waals surface area contributed by atoms with Crippen molar-refractivity contribution in [3.05, 3.63) is 81.2 Å². The highest BCUT2D eigenvalue weighted by atomic mass is 16.6. The standard InChI is InChI=1S/C25H29N5O4/c1-4-17(2)23-26-18(3)21(16-19-7-9-20(10-8-19)30(32)33)24(27-23)28-11-13-29(14-12-28)25(31)22-6-5-15-34-22/h5-10,15,17H,4,11-14,16H2,1-3H3/t17-/m0/s1. The van der Waals surface area contributed by atoms with Crippen LogP contribution >= 0.6 is 0 Å².